The van der Waals surface area contributed by atoms with Crippen molar-refractivity contribution in [2.45, 2.75) is 38.6 Å². The number of cyclic esters (lactones) is 1. The fourth-order valence-corrected chi connectivity index (χ4v) is 2.11. The molecule has 1 heterocycles. The van der Waals surface area contributed by atoms with Crippen molar-refractivity contribution >= 4 is 21.9 Å². The van der Waals surface area contributed by atoms with Gasteiger partial charge in [0.15, 0.2) is 0 Å². The molecule has 0 saturated heterocycles. The maximum Gasteiger partial charge on any atom is 0.340 e. The topological polar surface area (TPSA) is 55.8 Å². The summed E-state index contributed by atoms with van der Waals surface area (Å²) in [6.07, 6.45) is 0.523. The van der Waals surface area contributed by atoms with Crippen LogP contribution in [0.25, 0.3) is 0 Å². The molecule has 15 heavy (non-hydrogen) atoms. The number of hydrogen-bond acceptors (Lipinski definition) is 4. The number of hydrogen-bond donors (Lipinski definition) is 1. The molecule has 86 valence electrons. The predicted molar refractivity (Wildman–Crippen MR) is 58.4 cm³/mol. The average Bonchev–Trinajstić information content (AvgIpc) is 2.39. The number of rotatable bonds is 4. The van der Waals surface area contributed by atoms with E-state index >= 15 is 0 Å². The van der Waals surface area contributed by atoms with Gasteiger partial charge in [-0.25, -0.2) is 4.79 Å². The van der Waals surface area contributed by atoms with Gasteiger partial charge in [0.2, 0.25) is 5.79 Å². The van der Waals surface area contributed by atoms with Crippen molar-refractivity contribution in [3.05, 3.63) is 10.1 Å². The zero-order valence-electron chi connectivity index (χ0n) is 9.04. The normalized spacial score (nSPS) is 28.2. The van der Waals surface area contributed by atoms with Gasteiger partial charge in [-0.3, -0.25) is 0 Å². The lowest BCUT2D eigenvalue weighted by Gasteiger charge is -2.21. The van der Waals surface area contributed by atoms with Crippen LogP contribution >= 0.6 is 15.9 Å². The van der Waals surface area contributed by atoms with Gasteiger partial charge >= 0.3 is 5.97 Å². The lowest BCUT2D eigenvalue weighted by molar-refractivity contribution is -0.183. The second-order valence-corrected chi connectivity index (χ2v) is 4.36. The third-order valence-electron chi connectivity index (χ3n) is 2.43. The van der Waals surface area contributed by atoms with Gasteiger partial charge in [-0.1, -0.05) is 13.3 Å². The van der Waals surface area contributed by atoms with E-state index in [0.29, 0.717) is 10.9 Å². The first-order valence-corrected chi connectivity index (χ1v) is 5.62. The van der Waals surface area contributed by atoms with Crippen LogP contribution in [-0.2, 0) is 14.3 Å². The number of aliphatic hydroxyl groups excluding tert-OH is 1. The maximum absolute atomic E-state index is 11.5. The van der Waals surface area contributed by atoms with Crippen LogP contribution in [0, 0.1) is 0 Å². The van der Waals surface area contributed by atoms with E-state index in [0.717, 1.165) is 6.42 Å². The molecule has 1 aliphatic rings. The summed E-state index contributed by atoms with van der Waals surface area (Å²) in [6.45, 7) is 3.56. The monoisotopic (exact) mass is 278 g/mol. The third kappa shape index (κ3) is 2.24. The van der Waals surface area contributed by atoms with Crippen molar-refractivity contribution in [3.63, 3.8) is 0 Å². The van der Waals surface area contributed by atoms with Crippen LogP contribution in [0.2, 0.25) is 0 Å². The minimum Gasteiger partial charge on any atom is -0.425 e. The van der Waals surface area contributed by atoms with E-state index in [4.69, 9.17) is 9.47 Å². The van der Waals surface area contributed by atoms with E-state index in [2.05, 4.69) is 15.9 Å². The molecule has 0 bridgehead atoms. The molecule has 5 heteroatoms. The Morgan fingerprint density at radius 2 is 2.27 bits per heavy atom. The van der Waals surface area contributed by atoms with Crippen molar-refractivity contribution in [3.8, 4) is 0 Å². The summed E-state index contributed by atoms with van der Waals surface area (Å²) >= 11 is 3.25. The first-order chi connectivity index (χ1) is 6.96. The summed E-state index contributed by atoms with van der Waals surface area (Å²) in [5.74, 6) is -1.62. The van der Waals surface area contributed by atoms with Crippen LogP contribution in [0.5, 0.6) is 0 Å². The number of ether oxygens (including phenoxy) is 2. The van der Waals surface area contributed by atoms with Gasteiger partial charge in [0.1, 0.15) is 0 Å². The summed E-state index contributed by atoms with van der Waals surface area (Å²) in [6, 6.07) is 0. The van der Waals surface area contributed by atoms with Crippen molar-refractivity contribution in [2.24, 2.45) is 0 Å². The Bertz CT molecular complexity index is 300. The largest absolute Gasteiger partial charge is 0.425 e. The van der Waals surface area contributed by atoms with Crippen LogP contribution in [0.3, 0.4) is 0 Å². The van der Waals surface area contributed by atoms with Gasteiger partial charge in [-0.15, -0.1) is 0 Å². The predicted octanol–water partition coefficient (Wildman–Crippen LogP) is 1.72. The van der Waals surface area contributed by atoms with Crippen LogP contribution in [0.4, 0.5) is 0 Å². The molecule has 0 radical (unpaired) electrons. The molecule has 0 fully saturated rings. The molecule has 0 spiro atoms. The Kier molecular flexibility index (Phi) is 3.92. The van der Waals surface area contributed by atoms with E-state index in [-0.39, 0.29) is 5.57 Å². The number of carbonyl (C=O) groups is 1. The molecule has 1 aliphatic heterocycles. The molecule has 0 aromatic rings. The lowest BCUT2D eigenvalue weighted by Crippen LogP contribution is -2.28. The van der Waals surface area contributed by atoms with Gasteiger partial charge in [0.05, 0.1) is 16.2 Å². The molecule has 0 aromatic carbocycles. The van der Waals surface area contributed by atoms with Crippen LogP contribution in [0.15, 0.2) is 10.1 Å². The highest BCUT2D eigenvalue weighted by molar-refractivity contribution is 9.11. The second-order valence-electron chi connectivity index (χ2n) is 3.57. The Balaban J connectivity index is 2.99. The van der Waals surface area contributed by atoms with Gasteiger partial charge in [-0.05, 0) is 22.4 Å². The molecule has 0 saturated carbocycles. The van der Waals surface area contributed by atoms with Gasteiger partial charge in [0, 0.05) is 14.0 Å². The van der Waals surface area contributed by atoms with Crippen molar-refractivity contribution < 1.29 is 19.4 Å². The summed E-state index contributed by atoms with van der Waals surface area (Å²) in [4.78, 5) is 11.5. The number of methoxy groups -OCH3 is 1. The highest BCUT2D eigenvalue weighted by atomic mass is 79.9. The standard InChI is InChI=1S/C10H15BrO4/c1-4-5-6(12)7-8(11)10(2,14-3)15-9(7)13/h6,12H,4-5H2,1-3H3. The summed E-state index contributed by atoms with van der Waals surface area (Å²) in [5.41, 5.74) is 0.265. The minimum absolute atomic E-state index is 0.265. The van der Waals surface area contributed by atoms with E-state index in [1.165, 1.54) is 7.11 Å². The van der Waals surface area contributed by atoms with E-state index in [1.54, 1.807) is 6.92 Å². The fourth-order valence-electron chi connectivity index (χ4n) is 1.44. The summed E-state index contributed by atoms with van der Waals surface area (Å²) in [7, 11) is 1.45. The molecule has 0 aromatic heterocycles. The van der Waals surface area contributed by atoms with Gasteiger partial charge < -0.3 is 14.6 Å². The zero-order valence-corrected chi connectivity index (χ0v) is 10.6. The zero-order chi connectivity index (χ0) is 11.6. The average molecular weight is 279 g/mol. The molecule has 0 amide bonds. The molecular weight excluding hydrogens is 264 g/mol. The third-order valence-corrected chi connectivity index (χ3v) is 3.57. The molecule has 4 nitrogen and oxygen atoms in total. The molecular formula is C10H15BrO4. The van der Waals surface area contributed by atoms with Crippen molar-refractivity contribution in [2.75, 3.05) is 7.11 Å². The minimum atomic E-state index is -1.10. The lowest BCUT2D eigenvalue weighted by atomic mass is 10.1. The summed E-state index contributed by atoms with van der Waals surface area (Å²) in [5, 5.41) is 9.77. The van der Waals surface area contributed by atoms with E-state index < -0.39 is 17.9 Å². The Hall–Kier alpha value is -0.390. The Labute approximate surface area is 97.4 Å². The van der Waals surface area contributed by atoms with Crippen molar-refractivity contribution in [1.29, 1.82) is 0 Å². The molecule has 2 unspecified atom stereocenters. The molecule has 2 atom stereocenters. The Morgan fingerprint density at radius 1 is 1.67 bits per heavy atom. The van der Waals surface area contributed by atoms with E-state index in [1.807, 2.05) is 6.92 Å². The highest BCUT2D eigenvalue weighted by Gasteiger charge is 2.45. The molecule has 0 aliphatic carbocycles. The highest BCUT2D eigenvalue weighted by Crippen LogP contribution is 2.39. The van der Waals surface area contributed by atoms with Crippen LogP contribution in [0.1, 0.15) is 26.7 Å². The fraction of sp³-hybridized carbons (Fsp3) is 0.700. The Morgan fingerprint density at radius 3 is 2.67 bits per heavy atom. The molecule has 1 N–H and O–H groups in total. The number of aliphatic hydroxyl groups is 1. The maximum atomic E-state index is 11.5. The SMILES string of the molecule is CCCC(O)C1=C(Br)C(C)(OC)OC1=O. The van der Waals surface area contributed by atoms with Crippen LogP contribution < -0.4 is 0 Å². The first kappa shape index (κ1) is 12.7. The second kappa shape index (κ2) is 4.63. The van der Waals surface area contributed by atoms with Crippen LogP contribution in [-0.4, -0.2) is 30.1 Å². The van der Waals surface area contributed by atoms with Gasteiger partial charge in [0.25, 0.3) is 0 Å². The van der Waals surface area contributed by atoms with Gasteiger partial charge in [-0.2, -0.15) is 0 Å². The number of carbonyl (C=O) groups excluding carboxylic acids is 1. The molecule has 1 rings (SSSR count). The number of esters is 1. The van der Waals surface area contributed by atoms with Crippen molar-refractivity contribution in [1.82, 2.24) is 0 Å². The van der Waals surface area contributed by atoms with E-state index in [9.17, 15) is 9.90 Å². The number of halogens is 1. The smallest absolute Gasteiger partial charge is 0.340 e. The first-order valence-electron chi connectivity index (χ1n) is 4.83. The quantitative estimate of drug-likeness (QED) is 0.796. The summed E-state index contributed by atoms with van der Waals surface area (Å²) < 4.78 is 10.6.